The van der Waals surface area contributed by atoms with Gasteiger partial charge in [0, 0.05) is 23.4 Å². The SMILES string of the molecule is CC(C(=O)O)N(C)C(=O)CC1Sc2ccc(Cl)cc2NC1=O. The summed E-state index contributed by atoms with van der Waals surface area (Å²) in [6.45, 7) is 1.42. The number of carboxylic acid groups (broad SMARTS) is 1. The van der Waals surface area contributed by atoms with Crippen molar-refractivity contribution in [1.29, 1.82) is 0 Å². The van der Waals surface area contributed by atoms with Crippen LogP contribution in [-0.2, 0) is 14.4 Å². The van der Waals surface area contributed by atoms with Crippen molar-refractivity contribution in [3.8, 4) is 0 Å². The topological polar surface area (TPSA) is 86.7 Å². The molecular weight excluding hydrogens is 328 g/mol. The van der Waals surface area contributed by atoms with E-state index in [0.717, 1.165) is 9.80 Å². The lowest BCUT2D eigenvalue weighted by molar-refractivity contribution is -0.148. The molecule has 1 aromatic rings. The third-order valence-corrected chi connectivity index (χ3v) is 4.96. The number of hydrogen-bond acceptors (Lipinski definition) is 4. The third kappa shape index (κ3) is 3.53. The first-order valence-corrected chi connectivity index (χ1v) is 7.81. The van der Waals surface area contributed by atoms with Crippen LogP contribution in [0, 0.1) is 0 Å². The van der Waals surface area contributed by atoms with Crippen LogP contribution >= 0.6 is 23.4 Å². The number of hydrogen-bond donors (Lipinski definition) is 2. The van der Waals surface area contributed by atoms with Gasteiger partial charge in [-0.25, -0.2) is 4.79 Å². The number of rotatable bonds is 4. The van der Waals surface area contributed by atoms with Crippen molar-refractivity contribution < 1.29 is 19.5 Å². The first-order chi connectivity index (χ1) is 10.3. The maximum absolute atomic E-state index is 12.1. The highest BCUT2D eigenvalue weighted by Gasteiger charge is 2.31. The fourth-order valence-corrected chi connectivity index (χ4v) is 3.20. The van der Waals surface area contributed by atoms with Crippen LogP contribution in [0.2, 0.25) is 5.02 Å². The molecule has 0 aliphatic carbocycles. The van der Waals surface area contributed by atoms with Crippen LogP contribution in [0.5, 0.6) is 0 Å². The average molecular weight is 343 g/mol. The van der Waals surface area contributed by atoms with Gasteiger partial charge in [-0.05, 0) is 25.1 Å². The molecular formula is C14H15ClN2O4S. The predicted molar refractivity (Wildman–Crippen MR) is 84.2 cm³/mol. The predicted octanol–water partition coefficient (Wildman–Crippen LogP) is 2.07. The van der Waals surface area contributed by atoms with E-state index in [9.17, 15) is 14.4 Å². The van der Waals surface area contributed by atoms with Crippen molar-refractivity contribution in [2.24, 2.45) is 0 Å². The number of likely N-dealkylation sites (N-methyl/N-ethyl adjacent to an activating group) is 1. The lowest BCUT2D eigenvalue weighted by atomic mass is 10.2. The Labute approximate surface area is 136 Å². The second kappa shape index (κ2) is 6.58. The molecule has 1 heterocycles. The quantitative estimate of drug-likeness (QED) is 0.874. The first-order valence-electron chi connectivity index (χ1n) is 6.55. The van der Waals surface area contributed by atoms with Crippen molar-refractivity contribution in [2.45, 2.75) is 29.5 Å². The molecule has 0 fully saturated rings. The molecule has 2 rings (SSSR count). The number of benzene rings is 1. The number of carboxylic acids is 1. The van der Waals surface area contributed by atoms with Gasteiger partial charge in [0.05, 0.1) is 10.9 Å². The molecule has 1 aromatic carbocycles. The van der Waals surface area contributed by atoms with Crippen LogP contribution in [0.1, 0.15) is 13.3 Å². The van der Waals surface area contributed by atoms with E-state index >= 15 is 0 Å². The van der Waals surface area contributed by atoms with E-state index in [-0.39, 0.29) is 18.2 Å². The Morgan fingerprint density at radius 2 is 2.18 bits per heavy atom. The lowest BCUT2D eigenvalue weighted by Gasteiger charge is -2.27. The fraction of sp³-hybridized carbons (Fsp3) is 0.357. The maximum atomic E-state index is 12.1. The first kappa shape index (κ1) is 16.6. The zero-order valence-electron chi connectivity index (χ0n) is 12.0. The van der Waals surface area contributed by atoms with Crippen molar-refractivity contribution in [2.75, 3.05) is 12.4 Å². The van der Waals surface area contributed by atoms with E-state index < -0.39 is 17.3 Å². The summed E-state index contributed by atoms with van der Waals surface area (Å²) in [5, 5.41) is 11.6. The molecule has 1 aliphatic heterocycles. The zero-order valence-corrected chi connectivity index (χ0v) is 13.6. The third-order valence-electron chi connectivity index (χ3n) is 3.45. The lowest BCUT2D eigenvalue weighted by Crippen LogP contribution is -2.42. The van der Waals surface area contributed by atoms with E-state index in [2.05, 4.69) is 5.32 Å². The van der Waals surface area contributed by atoms with Gasteiger partial charge < -0.3 is 15.3 Å². The maximum Gasteiger partial charge on any atom is 0.326 e. The molecule has 8 heteroatoms. The molecule has 2 atom stereocenters. The Hall–Kier alpha value is -1.73. The molecule has 0 bridgehead atoms. The number of aliphatic carboxylic acids is 1. The smallest absolute Gasteiger partial charge is 0.326 e. The second-order valence-corrected chi connectivity index (χ2v) is 6.64. The van der Waals surface area contributed by atoms with Crippen LogP contribution in [0.25, 0.3) is 0 Å². The van der Waals surface area contributed by atoms with Gasteiger partial charge in [0.15, 0.2) is 0 Å². The van der Waals surface area contributed by atoms with E-state index in [4.69, 9.17) is 16.7 Å². The minimum Gasteiger partial charge on any atom is -0.480 e. The minimum absolute atomic E-state index is 0.0628. The summed E-state index contributed by atoms with van der Waals surface area (Å²) in [5.41, 5.74) is 0.624. The molecule has 118 valence electrons. The molecule has 0 aromatic heterocycles. The molecule has 2 N–H and O–H groups in total. The summed E-state index contributed by atoms with van der Waals surface area (Å²) < 4.78 is 0. The summed E-state index contributed by atoms with van der Waals surface area (Å²) in [6.07, 6.45) is -0.0628. The minimum atomic E-state index is -1.09. The normalized spacial score (nSPS) is 18.1. The van der Waals surface area contributed by atoms with Gasteiger partial charge >= 0.3 is 5.97 Å². The summed E-state index contributed by atoms with van der Waals surface area (Å²) in [6, 6.07) is 4.21. The highest BCUT2D eigenvalue weighted by atomic mass is 35.5. The summed E-state index contributed by atoms with van der Waals surface area (Å²) in [5.74, 6) is -1.76. The Morgan fingerprint density at radius 3 is 2.82 bits per heavy atom. The second-order valence-electron chi connectivity index (χ2n) is 4.96. The number of amides is 2. The standard InChI is InChI=1S/C14H15ClN2O4S/c1-7(14(20)21)17(2)12(18)6-11-13(19)16-9-5-8(15)3-4-10(9)22-11/h3-5,7,11H,6H2,1-2H3,(H,16,19)(H,20,21). The number of nitrogens with zero attached hydrogens (tertiary/aromatic N) is 1. The number of nitrogens with one attached hydrogen (secondary N) is 1. The Bertz CT molecular complexity index is 637. The van der Waals surface area contributed by atoms with Crippen LogP contribution in [0.4, 0.5) is 5.69 Å². The molecule has 2 unspecified atom stereocenters. The van der Waals surface area contributed by atoms with Crippen molar-refractivity contribution >= 4 is 46.8 Å². The number of anilines is 1. The van der Waals surface area contributed by atoms with E-state index in [1.165, 1.54) is 25.7 Å². The summed E-state index contributed by atoms with van der Waals surface area (Å²) >= 11 is 7.15. The van der Waals surface area contributed by atoms with Gasteiger partial charge in [0.25, 0.3) is 0 Å². The van der Waals surface area contributed by atoms with Crippen LogP contribution in [0.15, 0.2) is 23.1 Å². The Morgan fingerprint density at radius 1 is 1.50 bits per heavy atom. The van der Waals surface area contributed by atoms with E-state index in [1.807, 2.05) is 0 Å². The van der Waals surface area contributed by atoms with Gasteiger partial charge in [0.2, 0.25) is 11.8 Å². The molecule has 0 spiro atoms. The van der Waals surface area contributed by atoms with Gasteiger partial charge in [-0.1, -0.05) is 11.6 Å². The molecule has 0 radical (unpaired) electrons. The molecule has 6 nitrogen and oxygen atoms in total. The van der Waals surface area contributed by atoms with E-state index in [0.29, 0.717) is 10.7 Å². The molecule has 0 saturated heterocycles. The average Bonchev–Trinajstić information content (AvgIpc) is 2.46. The van der Waals surface area contributed by atoms with Crippen molar-refractivity contribution in [1.82, 2.24) is 4.90 Å². The van der Waals surface area contributed by atoms with Gasteiger partial charge in [0.1, 0.15) is 6.04 Å². The molecule has 2 amide bonds. The molecule has 1 aliphatic rings. The van der Waals surface area contributed by atoms with Crippen LogP contribution < -0.4 is 5.32 Å². The number of carbonyl (C=O) groups excluding carboxylic acids is 2. The van der Waals surface area contributed by atoms with Crippen LogP contribution in [-0.4, -0.2) is 46.1 Å². The summed E-state index contributed by atoms with van der Waals surface area (Å²) in [4.78, 5) is 37.1. The number of thioether (sulfide) groups is 1. The number of halogens is 1. The Balaban J connectivity index is 2.08. The monoisotopic (exact) mass is 342 g/mol. The van der Waals surface area contributed by atoms with E-state index in [1.54, 1.807) is 18.2 Å². The van der Waals surface area contributed by atoms with Gasteiger partial charge in [-0.15, -0.1) is 11.8 Å². The van der Waals surface area contributed by atoms with Crippen molar-refractivity contribution in [3.63, 3.8) is 0 Å². The zero-order chi connectivity index (χ0) is 16.4. The van der Waals surface area contributed by atoms with Gasteiger partial charge in [-0.3, -0.25) is 9.59 Å². The van der Waals surface area contributed by atoms with Crippen LogP contribution in [0.3, 0.4) is 0 Å². The Kier molecular flexibility index (Phi) is 4.97. The highest BCUT2D eigenvalue weighted by molar-refractivity contribution is 8.01. The van der Waals surface area contributed by atoms with Crippen molar-refractivity contribution in [3.05, 3.63) is 23.2 Å². The number of fused-ring (bicyclic) bond motifs is 1. The van der Waals surface area contributed by atoms with Gasteiger partial charge in [-0.2, -0.15) is 0 Å². The highest BCUT2D eigenvalue weighted by Crippen LogP contribution is 2.38. The largest absolute Gasteiger partial charge is 0.480 e. The number of carbonyl (C=O) groups is 3. The molecule has 22 heavy (non-hydrogen) atoms. The molecule has 0 saturated carbocycles. The fourth-order valence-electron chi connectivity index (χ4n) is 1.94. The summed E-state index contributed by atoms with van der Waals surface area (Å²) in [7, 11) is 1.42.